The Hall–Kier alpha value is -1.97. The summed E-state index contributed by atoms with van der Waals surface area (Å²) in [5.74, 6) is 0. The first kappa shape index (κ1) is 15.9. The molecule has 1 fully saturated rings. The zero-order valence-corrected chi connectivity index (χ0v) is 13.7. The van der Waals surface area contributed by atoms with Crippen LogP contribution in [0.2, 0.25) is 0 Å². The zero-order chi connectivity index (χ0) is 15.9. The topological polar surface area (TPSA) is 19.4 Å². The first-order valence-corrected chi connectivity index (χ1v) is 8.38. The molecule has 0 bridgehead atoms. The van der Waals surface area contributed by atoms with Crippen molar-refractivity contribution in [3.8, 4) is 0 Å². The number of hydrogen-bond acceptors (Lipinski definition) is 3. The van der Waals surface area contributed by atoms with Gasteiger partial charge in [-0.05, 0) is 48.3 Å². The zero-order valence-electron chi connectivity index (χ0n) is 13.7. The van der Waals surface area contributed by atoms with E-state index in [9.17, 15) is 0 Å². The minimum absolute atomic E-state index is 1.03. The molecule has 0 aliphatic carbocycles. The van der Waals surface area contributed by atoms with E-state index >= 15 is 0 Å². The van der Waals surface area contributed by atoms with Gasteiger partial charge in [-0.15, -0.1) is 0 Å². The van der Waals surface area contributed by atoms with Crippen LogP contribution in [0, 0.1) is 0 Å². The molecule has 3 nitrogen and oxygen atoms in total. The van der Waals surface area contributed by atoms with Crippen molar-refractivity contribution in [2.75, 3.05) is 26.2 Å². The molecule has 0 spiro atoms. The van der Waals surface area contributed by atoms with Gasteiger partial charge in [-0.25, -0.2) is 0 Å². The average molecular weight is 307 g/mol. The molecule has 3 rings (SSSR count). The second kappa shape index (κ2) is 8.04. The molecule has 1 aliphatic heterocycles. The Labute approximate surface area is 139 Å². The van der Waals surface area contributed by atoms with Gasteiger partial charge in [0.2, 0.25) is 0 Å². The van der Waals surface area contributed by atoms with E-state index in [-0.39, 0.29) is 0 Å². The van der Waals surface area contributed by atoms with Crippen LogP contribution in [0.3, 0.4) is 0 Å². The molecule has 0 unspecified atom stereocenters. The number of aromatic nitrogens is 1. The van der Waals surface area contributed by atoms with Crippen molar-refractivity contribution >= 4 is 6.08 Å². The molecule has 0 amide bonds. The molecular formula is C20H25N3. The smallest absolute Gasteiger partial charge is 0.0271 e. The second-order valence-corrected chi connectivity index (χ2v) is 6.21. The summed E-state index contributed by atoms with van der Waals surface area (Å²) in [6, 6.07) is 12.9. The van der Waals surface area contributed by atoms with Gasteiger partial charge in [-0.1, -0.05) is 36.9 Å². The lowest BCUT2D eigenvalue weighted by Gasteiger charge is -2.22. The van der Waals surface area contributed by atoms with Crippen LogP contribution in [-0.4, -0.2) is 41.0 Å². The van der Waals surface area contributed by atoms with E-state index in [0.29, 0.717) is 0 Å². The highest BCUT2D eigenvalue weighted by Crippen LogP contribution is 2.13. The molecular weight excluding hydrogens is 282 g/mol. The maximum atomic E-state index is 4.10. The minimum Gasteiger partial charge on any atom is -0.298 e. The largest absolute Gasteiger partial charge is 0.298 e. The molecule has 0 radical (unpaired) electrons. The third kappa shape index (κ3) is 4.75. The summed E-state index contributed by atoms with van der Waals surface area (Å²) in [6.45, 7) is 10.5. The van der Waals surface area contributed by atoms with E-state index in [0.717, 1.165) is 26.2 Å². The van der Waals surface area contributed by atoms with Crippen molar-refractivity contribution in [3.63, 3.8) is 0 Å². The fourth-order valence-electron chi connectivity index (χ4n) is 3.16. The van der Waals surface area contributed by atoms with E-state index in [1.165, 1.54) is 36.2 Å². The van der Waals surface area contributed by atoms with Crippen molar-refractivity contribution in [2.24, 2.45) is 0 Å². The maximum Gasteiger partial charge on any atom is 0.0271 e. The van der Waals surface area contributed by atoms with Crippen LogP contribution in [0.1, 0.15) is 23.1 Å². The SMILES string of the molecule is C=Cc1cccc(CN2CCCN(Cc3ccncc3)CC2)c1. The van der Waals surface area contributed by atoms with Gasteiger partial charge in [0.1, 0.15) is 0 Å². The summed E-state index contributed by atoms with van der Waals surface area (Å²) in [4.78, 5) is 9.21. The Morgan fingerprint density at radius 1 is 0.913 bits per heavy atom. The van der Waals surface area contributed by atoms with Gasteiger partial charge in [-0.3, -0.25) is 14.8 Å². The molecule has 120 valence electrons. The van der Waals surface area contributed by atoms with Gasteiger partial charge in [0, 0.05) is 38.6 Å². The normalized spacial score (nSPS) is 16.9. The number of rotatable bonds is 5. The highest BCUT2D eigenvalue weighted by atomic mass is 15.2. The molecule has 1 saturated heterocycles. The molecule has 2 heterocycles. The first-order chi connectivity index (χ1) is 11.3. The maximum absolute atomic E-state index is 4.10. The van der Waals surface area contributed by atoms with Crippen LogP contribution in [-0.2, 0) is 13.1 Å². The van der Waals surface area contributed by atoms with Gasteiger partial charge in [0.25, 0.3) is 0 Å². The lowest BCUT2D eigenvalue weighted by atomic mass is 10.1. The number of hydrogen-bond donors (Lipinski definition) is 0. The highest BCUT2D eigenvalue weighted by Gasteiger charge is 2.15. The molecule has 0 saturated carbocycles. The fourth-order valence-corrected chi connectivity index (χ4v) is 3.16. The number of pyridine rings is 1. The van der Waals surface area contributed by atoms with Crippen molar-refractivity contribution in [1.82, 2.24) is 14.8 Å². The summed E-state index contributed by atoms with van der Waals surface area (Å²) in [7, 11) is 0. The quantitative estimate of drug-likeness (QED) is 0.843. The summed E-state index contributed by atoms with van der Waals surface area (Å²) in [5, 5.41) is 0. The lowest BCUT2D eigenvalue weighted by molar-refractivity contribution is 0.247. The van der Waals surface area contributed by atoms with Crippen LogP contribution in [0.15, 0.2) is 55.4 Å². The molecule has 0 atom stereocenters. The average Bonchev–Trinajstić information content (AvgIpc) is 2.81. The third-order valence-electron chi connectivity index (χ3n) is 4.43. The Morgan fingerprint density at radius 3 is 2.30 bits per heavy atom. The number of nitrogens with zero attached hydrogens (tertiary/aromatic N) is 3. The molecule has 1 aromatic carbocycles. The molecule has 3 heteroatoms. The van der Waals surface area contributed by atoms with Gasteiger partial charge in [-0.2, -0.15) is 0 Å². The lowest BCUT2D eigenvalue weighted by Crippen LogP contribution is -2.30. The molecule has 0 N–H and O–H groups in total. The third-order valence-corrected chi connectivity index (χ3v) is 4.43. The minimum atomic E-state index is 1.03. The summed E-state index contributed by atoms with van der Waals surface area (Å²) >= 11 is 0. The first-order valence-electron chi connectivity index (χ1n) is 8.38. The second-order valence-electron chi connectivity index (χ2n) is 6.21. The monoisotopic (exact) mass is 307 g/mol. The van der Waals surface area contributed by atoms with Crippen LogP contribution in [0.4, 0.5) is 0 Å². The van der Waals surface area contributed by atoms with Crippen molar-refractivity contribution in [3.05, 3.63) is 72.1 Å². The van der Waals surface area contributed by atoms with Crippen LogP contribution < -0.4 is 0 Å². The van der Waals surface area contributed by atoms with E-state index in [1.807, 2.05) is 18.5 Å². The van der Waals surface area contributed by atoms with Crippen molar-refractivity contribution < 1.29 is 0 Å². The Morgan fingerprint density at radius 2 is 1.61 bits per heavy atom. The van der Waals surface area contributed by atoms with E-state index in [1.54, 1.807) is 0 Å². The summed E-state index contributed by atoms with van der Waals surface area (Å²) < 4.78 is 0. The van der Waals surface area contributed by atoms with E-state index in [2.05, 4.69) is 57.8 Å². The molecule has 1 aliphatic rings. The van der Waals surface area contributed by atoms with E-state index in [4.69, 9.17) is 0 Å². The highest BCUT2D eigenvalue weighted by molar-refractivity contribution is 5.47. The van der Waals surface area contributed by atoms with Crippen molar-refractivity contribution in [1.29, 1.82) is 0 Å². The summed E-state index contributed by atoms with van der Waals surface area (Å²) in [5.41, 5.74) is 3.94. The van der Waals surface area contributed by atoms with Crippen LogP contribution in [0.5, 0.6) is 0 Å². The van der Waals surface area contributed by atoms with Gasteiger partial charge in [0.05, 0.1) is 0 Å². The molecule has 23 heavy (non-hydrogen) atoms. The molecule has 2 aromatic rings. The Bertz CT molecular complexity index is 624. The Kier molecular flexibility index (Phi) is 5.56. The predicted octanol–water partition coefficient (Wildman–Crippen LogP) is 3.43. The predicted molar refractivity (Wildman–Crippen MR) is 95.9 cm³/mol. The standard InChI is InChI=1S/C20H25N3/c1-2-18-5-3-6-20(15-18)17-23-12-4-11-22(13-14-23)16-19-7-9-21-10-8-19/h2-3,5-10,15H,1,4,11-14,16-17H2. The van der Waals surface area contributed by atoms with Crippen molar-refractivity contribution in [2.45, 2.75) is 19.5 Å². The number of benzene rings is 1. The van der Waals surface area contributed by atoms with Gasteiger partial charge < -0.3 is 0 Å². The van der Waals surface area contributed by atoms with E-state index < -0.39 is 0 Å². The summed E-state index contributed by atoms with van der Waals surface area (Å²) in [6.07, 6.45) is 6.91. The van der Waals surface area contributed by atoms with Crippen LogP contribution >= 0.6 is 0 Å². The Balaban J connectivity index is 1.54. The fraction of sp³-hybridized carbons (Fsp3) is 0.350. The molecule has 1 aromatic heterocycles. The van der Waals surface area contributed by atoms with Gasteiger partial charge in [0.15, 0.2) is 0 Å². The van der Waals surface area contributed by atoms with Crippen LogP contribution in [0.25, 0.3) is 6.08 Å². The van der Waals surface area contributed by atoms with Gasteiger partial charge >= 0.3 is 0 Å².